The summed E-state index contributed by atoms with van der Waals surface area (Å²) in [4.78, 5) is 26.8. The minimum absolute atomic E-state index is 0.0670. The molecule has 8 nitrogen and oxygen atoms in total. The summed E-state index contributed by atoms with van der Waals surface area (Å²) in [6, 6.07) is 1.64. The lowest BCUT2D eigenvalue weighted by molar-refractivity contribution is 0.0672. The largest absolute Gasteiger partial charge is 0.380 e. The van der Waals surface area contributed by atoms with Gasteiger partial charge in [-0.1, -0.05) is 0 Å². The van der Waals surface area contributed by atoms with Crippen LogP contribution in [-0.4, -0.2) is 49.9 Å². The fourth-order valence-electron chi connectivity index (χ4n) is 3.44. The van der Waals surface area contributed by atoms with E-state index < -0.39 is 0 Å². The first-order valence-electron chi connectivity index (χ1n) is 8.08. The lowest BCUT2D eigenvalue weighted by atomic mass is 10.1. The molecule has 130 valence electrons. The molecule has 0 saturated carbocycles. The van der Waals surface area contributed by atoms with Gasteiger partial charge >= 0.3 is 5.69 Å². The molecule has 1 amide bonds. The zero-order valence-corrected chi connectivity index (χ0v) is 14.4. The topological polar surface area (TPSA) is 85.2 Å². The van der Waals surface area contributed by atoms with Crippen molar-refractivity contribution in [3.63, 3.8) is 0 Å². The third-order valence-corrected chi connectivity index (χ3v) is 4.74. The van der Waals surface area contributed by atoms with Crippen LogP contribution < -0.4 is 5.69 Å². The van der Waals surface area contributed by atoms with E-state index in [2.05, 4.69) is 10.2 Å². The number of aromatic nitrogens is 4. The average molecular weight is 333 g/mol. The molecule has 0 bridgehead atoms. The lowest BCUT2D eigenvalue weighted by Crippen LogP contribution is -2.35. The van der Waals surface area contributed by atoms with Crippen molar-refractivity contribution < 1.29 is 9.53 Å². The van der Waals surface area contributed by atoms with Gasteiger partial charge in [0.25, 0.3) is 5.91 Å². The van der Waals surface area contributed by atoms with E-state index in [-0.39, 0.29) is 23.7 Å². The molecule has 2 aromatic heterocycles. The quantitative estimate of drug-likeness (QED) is 0.898. The molecule has 8 heteroatoms. The number of hydrogen-bond donors (Lipinski definition) is 1. The van der Waals surface area contributed by atoms with E-state index in [0.717, 1.165) is 5.56 Å². The molecular weight excluding hydrogens is 310 g/mol. The van der Waals surface area contributed by atoms with Crippen LogP contribution in [0.5, 0.6) is 0 Å². The summed E-state index contributed by atoms with van der Waals surface area (Å²) in [6.07, 6.45) is 2.42. The number of nitrogens with one attached hydrogen (secondary N) is 1. The number of likely N-dealkylation sites (tertiary alicyclic amines) is 1. The van der Waals surface area contributed by atoms with Crippen LogP contribution >= 0.6 is 0 Å². The summed E-state index contributed by atoms with van der Waals surface area (Å²) in [5, 5.41) is 6.65. The Hall–Kier alpha value is -2.35. The molecular formula is C16H23N5O3. The van der Waals surface area contributed by atoms with Crippen LogP contribution in [0.2, 0.25) is 0 Å². The molecule has 3 heterocycles. The molecule has 0 aromatic carbocycles. The van der Waals surface area contributed by atoms with Gasteiger partial charge in [0.1, 0.15) is 5.69 Å². The van der Waals surface area contributed by atoms with Crippen molar-refractivity contribution in [1.29, 1.82) is 0 Å². The number of nitrogens with zero attached hydrogens (tertiary/aromatic N) is 4. The lowest BCUT2D eigenvalue weighted by Gasteiger charge is -2.24. The number of aromatic amines is 1. The highest BCUT2D eigenvalue weighted by molar-refractivity contribution is 5.94. The molecule has 0 unspecified atom stereocenters. The average Bonchev–Trinajstić information content (AvgIpc) is 3.23. The molecule has 1 saturated heterocycles. The number of amides is 1. The summed E-state index contributed by atoms with van der Waals surface area (Å²) in [6.45, 7) is 4.79. The molecule has 0 radical (unpaired) electrons. The van der Waals surface area contributed by atoms with Crippen LogP contribution in [0, 0.1) is 6.92 Å². The van der Waals surface area contributed by atoms with Crippen LogP contribution in [0.15, 0.2) is 17.1 Å². The standard InChI is InChI=1S/C16H23N5O3/c1-5-20-14(17-18-16(20)23)12-8-11(24-4)9-21(12)15(22)13-10(2)6-7-19(13)3/h6-7,11-12H,5,8-9H2,1-4H3,(H,18,23)/t11-,12-/m0/s1. The maximum atomic E-state index is 13.1. The van der Waals surface area contributed by atoms with Gasteiger partial charge in [-0.05, 0) is 25.5 Å². The van der Waals surface area contributed by atoms with Gasteiger partial charge in [0.05, 0.1) is 12.1 Å². The van der Waals surface area contributed by atoms with Crippen LogP contribution in [-0.2, 0) is 18.3 Å². The van der Waals surface area contributed by atoms with E-state index in [9.17, 15) is 9.59 Å². The maximum Gasteiger partial charge on any atom is 0.343 e. The van der Waals surface area contributed by atoms with Crippen molar-refractivity contribution in [1.82, 2.24) is 24.2 Å². The first-order chi connectivity index (χ1) is 11.5. The number of aryl methyl sites for hydroxylation is 2. The maximum absolute atomic E-state index is 13.1. The number of carbonyl (C=O) groups is 1. The monoisotopic (exact) mass is 333 g/mol. The van der Waals surface area contributed by atoms with Crippen molar-refractivity contribution in [3.05, 3.63) is 39.8 Å². The Morgan fingerprint density at radius 1 is 1.50 bits per heavy atom. The van der Waals surface area contributed by atoms with E-state index in [1.165, 1.54) is 0 Å². The molecule has 2 atom stereocenters. The molecule has 24 heavy (non-hydrogen) atoms. The van der Waals surface area contributed by atoms with Crippen LogP contribution in [0.1, 0.15) is 41.3 Å². The van der Waals surface area contributed by atoms with Crippen molar-refractivity contribution in [2.75, 3.05) is 13.7 Å². The molecule has 2 aromatic rings. The summed E-state index contributed by atoms with van der Waals surface area (Å²) in [7, 11) is 3.50. The minimum Gasteiger partial charge on any atom is -0.380 e. The Morgan fingerprint density at radius 2 is 2.25 bits per heavy atom. The van der Waals surface area contributed by atoms with Crippen molar-refractivity contribution in [2.45, 2.75) is 39.0 Å². The van der Waals surface area contributed by atoms with Gasteiger partial charge < -0.3 is 14.2 Å². The Labute approximate surface area is 140 Å². The fourth-order valence-corrected chi connectivity index (χ4v) is 3.44. The van der Waals surface area contributed by atoms with Crippen LogP contribution in [0.3, 0.4) is 0 Å². The second-order valence-electron chi connectivity index (χ2n) is 6.16. The normalized spacial score (nSPS) is 20.8. The second-order valence-corrected chi connectivity index (χ2v) is 6.16. The molecule has 1 aliphatic heterocycles. The zero-order chi connectivity index (χ0) is 17.4. The Morgan fingerprint density at radius 3 is 2.83 bits per heavy atom. The summed E-state index contributed by atoms with van der Waals surface area (Å²) >= 11 is 0. The molecule has 3 rings (SSSR count). The molecule has 1 fully saturated rings. The van der Waals surface area contributed by atoms with Crippen LogP contribution in [0.4, 0.5) is 0 Å². The highest BCUT2D eigenvalue weighted by Gasteiger charge is 2.40. The van der Waals surface area contributed by atoms with Gasteiger partial charge in [-0.25, -0.2) is 9.89 Å². The number of carbonyl (C=O) groups excluding carboxylic acids is 1. The van der Waals surface area contributed by atoms with Crippen LogP contribution in [0.25, 0.3) is 0 Å². The predicted molar refractivity (Wildman–Crippen MR) is 87.9 cm³/mol. The number of rotatable bonds is 4. The zero-order valence-electron chi connectivity index (χ0n) is 14.4. The van der Waals surface area contributed by atoms with Gasteiger partial charge in [-0.15, -0.1) is 0 Å². The van der Waals surface area contributed by atoms with Crippen molar-refractivity contribution in [3.8, 4) is 0 Å². The summed E-state index contributed by atoms with van der Waals surface area (Å²) in [5.41, 5.74) is 1.32. The van der Waals surface area contributed by atoms with E-state index in [1.807, 2.05) is 37.7 Å². The Balaban J connectivity index is 2.01. The SMILES string of the molecule is CCn1c([C@@H]2C[C@H](OC)CN2C(=O)c2c(C)ccn2C)n[nH]c1=O. The van der Waals surface area contributed by atoms with E-state index in [0.29, 0.717) is 31.0 Å². The fraction of sp³-hybridized carbons (Fsp3) is 0.562. The number of methoxy groups -OCH3 is 1. The first-order valence-corrected chi connectivity index (χ1v) is 8.08. The Kier molecular flexibility index (Phi) is 4.31. The molecule has 0 spiro atoms. The van der Waals surface area contributed by atoms with Gasteiger partial charge in [0, 0.05) is 39.9 Å². The van der Waals surface area contributed by atoms with Gasteiger partial charge in [0.2, 0.25) is 0 Å². The van der Waals surface area contributed by atoms with Gasteiger partial charge in [-0.3, -0.25) is 9.36 Å². The highest BCUT2D eigenvalue weighted by atomic mass is 16.5. The molecule has 1 N–H and O–H groups in total. The van der Waals surface area contributed by atoms with Crippen molar-refractivity contribution in [2.24, 2.45) is 7.05 Å². The minimum atomic E-state index is -0.282. The first kappa shape index (κ1) is 16.5. The number of ether oxygens (including phenoxy) is 1. The predicted octanol–water partition coefficient (Wildman–Crippen LogP) is 0.840. The van der Waals surface area contributed by atoms with Gasteiger partial charge in [0.15, 0.2) is 5.82 Å². The number of hydrogen-bond acceptors (Lipinski definition) is 4. The molecule has 1 aliphatic rings. The summed E-state index contributed by atoms with van der Waals surface area (Å²) < 4.78 is 8.87. The van der Waals surface area contributed by atoms with E-state index in [1.54, 1.807) is 16.6 Å². The second kappa shape index (κ2) is 6.27. The number of H-pyrrole nitrogens is 1. The third-order valence-electron chi connectivity index (χ3n) is 4.74. The summed E-state index contributed by atoms with van der Waals surface area (Å²) in [5.74, 6) is 0.518. The highest BCUT2D eigenvalue weighted by Crippen LogP contribution is 2.33. The van der Waals surface area contributed by atoms with E-state index in [4.69, 9.17) is 4.74 Å². The van der Waals surface area contributed by atoms with Gasteiger partial charge in [-0.2, -0.15) is 5.10 Å². The van der Waals surface area contributed by atoms with Crippen molar-refractivity contribution >= 4 is 5.91 Å². The Bertz CT molecular complexity index is 783. The third kappa shape index (κ3) is 2.56. The van der Waals surface area contributed by atoms with E-state index >= 15 is 0 Å². The smallest absolute Gasteiger partial charge is 0.343 e. The molecule has 0 aliphatic carbocycles.